The molecular weight excluding hydrogens is 224 g/mol. The predicted octanol–water partition coefficient (Wildman–Crippen LogP) is 1.62. The number of hydrogen-bond acceptors (Lipinski definition) is 3. The summed E-state index contributed by atoms with van der Waals surface area (Å²) in [6.45, 7) is 4.15. The molecule has 5 heteroatoms. The molecule has 1 heterocycles. The van der Waals surface area contributed by atoms with Gasteiger partial charge >= 0.3 is 0 Å². The number of primary sulfonamides is 1. The normalized spacial score (nSPS) is 15.1. The van der Waals surface area contributed by atoms with Gasteiger partial charge in [0, 0.05) is 12.1 Å². The van der Waals surface area contributed by atoms with Crippen LogP contribution in [-0.4, -0.2) is 14.1 Å². The summed E-state index contributed by atoms with van der Waals surface area (Å²) in [5.74, 6) is 0.380. The Balaban J connectivity index is 2.46. The first-order chi connectivity index (χ1) is 7.38. The van der Waals surface area contributed by atoms with Gasteiger partial charge in [0.15, 0.2) is 0 Å². The number of sulfonamides is 1. The van der Waals surface area contributed by atoms with Crippen LogP contribution in [0.2, 0.25) is 0 Å². The highest BCUT2D eigenvalue weighted by molar-refractivity contribution is 7.89. The van der Waals surface area contributed by atoms with Crippen LogP contribution in [0.1, 0.15) is 19.4 Å². The second-order valence-corrected chi connectivity index (χ2v) is 5.83. The van der Waals surface area contributed by atoms with Crippen LogP contribution >= 0.6 is 0 Å². The van der Waals surface area contributed by atoms with Crippen LogP contribution in [0.25, 0.3) is 0 Å². The van der Waals surface area contributed by atoms with Crippen molar-refractivity contribution in [2.24, 2.45) is 16.0 Å². The van der Waals surface area contributed by atoms with Gasteiger partial charge in [0.2, 0.25) is 10.0 Å². The lowest BCUT2D eigenvalue weighted by Gasteiger charge is -2.01. The maximum absolute atomic E-state index is 11.2. The fraction of sp³-hybridized carbons (Fsp3) is 0.364. The molecule has 1 aliphatic rings. The molecule has 0 aromatic heterocycles. The van der Waals surface area contributed by atoms with E-state index in [1.54, 1.807) is 12.1 Å². The Kier molecular flexibility index (Phi) is 2.59. The lowest BCUT2D eigenvalue weighted by molar-refractivity contribution is 0.598. The van der Waals surface area contributed by atoms with Crippen LogP contribution in [0.5, 0.6) is 0 Å². The van der Waals surface area contributed by atoms with E-state index in [4.69, 9.17) is 5.14 Å². The third-order valence-corrected chi connectivity index (χ3v) is 3.60. The molecule has 0 aliphatic carbocycles. The van der Waals surface area contributed by atoms with E-state index in [2.05, 4.69) is 18.8 Å². The van der Waals surface area contributed by atoms with Gasteiger partial charge < -0.3 is 0 Å². The molecule has 0 saturated carbocycles. The number of fused-ring (bicyclic) bond motifs is 1. The van der Waals surface area contributed by atoms with Crippen molar-refractivity contribution in [2.75, 3.05) is 0 Å². The van der Waals surface area contributed by atoms with E-state index in [1.165, 1.54) is 6.07 Å². The fourth-order valence-electron chi connectivity index (χ4n) is 1.70. The van der Waals surface area contributed by atoms with E-state index in [1.807, 2.05) is 0 Å². The van der Waals surface area contributed by atoms with Crippen molar-refractivity contribution < 1.29 is 8.42 Å². The molecule has 0 radical (unpaired) electrons. The number of nitrogens with two attached hydrogens (primary N) is 1. The van der Waals surface area contributed by atoms with Gasteiger partial charge in [-0.15, -0.1) is 0 Å². The van der Waals surface area contributed by atoms with Gasteiger partial charge in [-0.3, -0.25) is 4.99 Å². The molecule has 0 amide bonds. The first-order valence-electron chi connectivity index (χ1n) is 5.11. The molecule has 0 saturated heterocycles. The molecule has 1 aromatic carbocycles. The minimum Gasteiger partial charge on any atom is -0.257 e. The smallest absolute Gasteiger partial charge is 0.238 e. The Bertz CT molecular complexity index is 559. The lowest BCUT2D eigenvalue weighted by atomic mass is 10.0. The zero-order valence-electron chi connectivity index (χ0n) is 9.27. The summed E-state index contributed by atoms with van der Waals surface area (Å²) >= 11 is 0. The van der Waals surface area contributed by atoms with E-state index in [9.17, 15) is 8.42 Å². The summed E-state index contributed by atoms with van der Waals surface area (Å²) in [7, 11) is -3.63. The van der Waals surface area contributed by atoms with Crippen molar-refractivity contribution in [3.8, 4) is 0 Å². The highest BCUT2D eigenvalue weighted by Crippen LogP contribution is 2.30. The van der Waals surface area contributed by atoms with Gasteiger partial charge in [-0.2, -0.15) is 0 Å². The molecule has 1 aliphatic heterocycles. The molecule has 0 unspecified atom stereocenters. The van der Waals surface area contributed by atoms with Crippen LogP contribution in [0.15, 0.2) is 28.1 Å². The van der Waals surface area contributed by atoms with Crippen molar-refractivity contribution in [2.45, 2.75) is 25.2 Å². The van der Waals surface area contributed by atoms with Crippen molar-refractivity contribution >= 4 is 21.4 Å². The maximum Gasteiger partial charge on any atom is 0.238 e. The molecule has 1 aromatic rings. The van der Waals surface area contributed by atoms with Crippen molar-refractivity contribution in [1.82, 2.24) is 0 Å². The minimum atomic E-state index is -3.63. The summed E-state index contributed by atoms with van der Waals surface area (Å²) < 4.78 is 22.4. The number of hydrogen-bond donors (Lipinski definition) is 1. The molecule has 2 N–H and O–H groups in total. The number of benzene rings is 1. The molecule has 0 atom stereocenters. The first-order valence-corrected chi connectivity index (χ1v) is 6.66. The van der Waals surface area contributed by atoms with Crippen LogP contribution < -0.4 is 5.14 Å². The quantitative estimate of drug-likeness (QED) is 0.850. The maximum atomic E-state index is 11.2. The predicted molar refractivity (Wildman–Crippen MR) is 63.5 cm³/mol. The van der Waals surface area contributed by atoms with E-state index in [0.29, 0.717) is 5.92 Å². The number of aliphatic imine (C=N–C) groups is 1. The van der Waals surface area contributed by atoms with E-state index >= 15 is 0 Å². The number of rotatable bonds is 2. The summed E-state index contributed by atoms with van der Waals surface area (Å²) in [5, 5.41) is 5.07. The topological polar surface area (TPSA) is 72.5 Å². The Morgan fingerprint density at radius 3 is 2.62 bits per heavy atom. The van der Waals surface area contributed by atoms with E-state index in [0.717, 1.165) is 23.4 Å². The van der Waals surface area contributed by atoms with Gasteiger partial charge in [-0.25, -0.2) is 13.6 Å². The highest BCUT2D eigenvalue weighted by Gasteiger charge is 2.19. The van der Waals surface area contributed by atoms with E-state index < -0.39 is 10.0 Å². The molecule has 0 bridgehead atoms. The van der Waals surface area contributed by atoms with Crippen LogP contribution in [0.3, 0.4) is 0 Å². The summed E-state index contributed by atoms with van der Waals surface area (Å²) in [4.78, 5) is 4.55. The lowest BCUT2D eigenvalue weighted by Crippen LogP contribution is -2.11. The Morgan fingerprint density at radius 2 is 2.06 bits per heavy atom. The Hall–Kier alpha value is -1.20. The SMILES string of the molecule is CC(C)C1=Nc2cc(S(N)(=O)=O)ccc2C1. The first kappa shape index (κ1) is 11.3. The monoisotopic (exact) mass is 238 g/mol. The average molecular weight is 238 g/mol. The zero-order chi connectivity index (χ0) is 11.9. The second-order valence-electron chi connectivity index (χ2n) is 4.27. The molecule has 0 spiro atoms. The Labute approximate surface area is 95.2 Å². The van der Waals surface area contributed by atoms with Gasteiger partial charge in [-0.05, 0) is 23.6 Å². The largest absolute Gasteiger partial charge is 0.257 e. The molecule has 16 heavy (non-hydrogen) atoms. The molecule has 86 valence electrons. The van der Waals surface area contributed by atoms with Crippen LogP contribution in [0.4, 0.5) is 5.69 Å². The minimum absolute atomic E-state index is 0.125. The summed E-state index contributed by atoms with van der Waals surface area (Å²) in [6.07, 6.45) is 0.803. The fourth-order valence-corrected chi connectivity index (χ4v) is 2.23. The third-order valence-electron chi connectivity index (χ3n) is 2.69. The van der Waals surface area contributed by atoms with Crippen LogP contribution in [-0.2, 0) is 16.4 Å². The Morgan fingerprint density at radius 1 is 1.38 bits per heavy atom. The molecule has 4 nitrogen and oxygen atoms in total. The van der Waals surface area contributed by atoms with Crippen molar-refractivity contribution in [1.29, 1.82) is 0 Å². The van der Waals surface area contributed by atoms with Crippen LogP contribution in [0, 0.1) is 5.92 Å². The summed E-state index contributed by atoms with van der Waals surface area (Å²) in [5.41, 5.74) is 2.88. The third kappa shape index (κ3) is 2.01. The molecular formula is C11H14N2O2S. The standard InChI is InChI=1S/C11H14N2O2S/c1-7(2)10-5-8-3-4-9(16(12,14)15)6-11(8)13-10/h3-4,6-7H,5H2,1-2H3,(H2,12,14,15). The average Bonchev–Trinajstić information content (AvgIpc) is 2.58. The van der Waals surface area contributed by atoms with Gasteiger partial charge in [0.25, 0.3) is 0 Å². The number of nitrogens with zero attached hydrogens (tertiary/aromatic N) is 1. The van der Waals surface area contributed by atoms with Crippen molar-refractivity contribution in [3.05, 3.63) is 23.8 Å². The molecule has 2 rings (SSSR count). The molecule has 0 fully saturated rings. The van der Waals surface area contributed by atoms with E-state index in [-0.39, 0.29) is 4.90 Å². The van der Waals surface area contributed by atoms with Crippen molar-refractivity contribution in [3.63, 3.8) is 0 Å². The zero-order valence-corrected chi connectivity index (χ0v) is 10.1. The van der Waals surface area contributed by atoms with Gasteiger partial charge in [0.05, 0.1) is 10.6 Å². The van der Waals surface area contributed by atoms with Gasteiger partial charge in [-0.1, -0.05) is 19.9 Å². The second kappa shape index (κ2) is 3.68. The highest BCUT2D eigenvalue weighted by atomic mass is 32.2. The summed E-state index contributed by atoms with van der Waals surface area (Å²) in [6, 6.07) is 4.86. The van der Waals surface area contributed by atoms with Gasteiger partial charge in [0.1, 0.15) is 0 Å².